The molecule has 0 aliphatic heterocycles. The zero-order valence-electron chi connectivity index (χ0n) is 11.8. The first kappa shape index (κ1) is 16.1. The molecule has 2 atom stereocenters. The molecule has 0 heterocycles. The topological polar surface area (TPSA) is 64.6 Å². The Hall–Kier alpha value is -0.910. The number of rotatable bonds is 3. The molecule has 0 spiro atoms. The molecular formula is C13H23NO4S. The van der Waals surface area contributed by atoms with E-state index >= 15 is 0 Å². The van der Waals surface area contributed by atoms with Crippen molar-refractivity contribution in [2.75, 3.05) is 5.75 Å². The summed E-state index contributed by atoms with van der Waals surface area (Å²) in [6, 6.07) is 0.00122. The van der Waals surface area contributed by atoms with Gasteiger partial charge in [0.15, 0.2) is 0 Å². The van der Waals surface area contributed by atoms with Crippen LogP contribution in [0.4, 0.5) is 4.79 Å². The van der Waals surface area contributed by atoms with E-state index in [0.29, 0.717) is 6.42 Å². The Kier molecular flexibility index (Phi) is 5.97. The summed E-state index contributed by atoms with van der Waals surface area (Å²) in [6.07, 6.45) is 2.73. The minimum atomic E-state index is -0.503. The van der Waals surface area contributed by atoms with E-state index in [0.717, 1.165) is 19.3 Å². The molecule has 0 aromatic rings. The molecule has 1 amide bonds. The van der Waals surface area contributed by atoms with Gasteiger partial charge < -0.3 is 14.8 Å². The second-order valence-corrected chi connectivity index (χ2v) is 6.10. The van der Waals surface area contributed by atoms with Crippen molar-refractivity contribution in [3.63, 3.8) is 0 Å². The minimum absolute atomic E-state index is 0.00122. The Bertz CT molecular complexity index is 327. The first-order valence-corrected chi connectivity index (χ1v) is 7.23. The normalized spacial score (nSPS) is 23.6. The molecule has 2 unspecified atom stereocenters. The molecular weight excluding hydrogens is 266 g/mol. The van der Waals surface area contributed by atoms with Gasteiger partial charge in [-0.2, -0.15) is 12.6 Å². The molecule has 0 aromatic carbocycles. The van der Waals surface area contributed by atoms with Crippen LogP contribution in [0.25, 0.3) is 0 Å². The third-order valence-electron chi connectivity index (χ3n) is 2.77. The van der Waals surface area contributed by atoms with Crippen LogP contribution in [0.3, 0.4) is 0 Å². The zero-order valence-corrected chi connectivity index (χ0v) is 12.7. The third-order valence-corrected chi connectivity index (χ3v) is 3.03. The van der Waals surface area contributed by atoms with Crippen LogP contribution in [-0.2, 0) is 14.3 Å². The summed E-state index contributed by atoms with van der Waals surface area (Å²) in [5.41, 5.74) is -0.503. The standard InChI is InChI=1S/C13H23NO4S/c1-13(2,3)18-12(16)14-9-5-4-6-10(7-9)17-11(15)8-19/h9-10,19H,4-8H2,1-3H3,(H,14,16). The summed E-state index contributed by atoms with van der Waals surface area (Å²) >= 11 is 3.88. The fraction of sp³-hybridized carbons (Fsp3) is 0.846. The van der Waals surface area contributed by atoms with Crippen LogP contribution in [0.1, 0.15) is 46.5 Å². The van der Waals surface area contributed by atoms with Crippen LogP contribution in [0, 0.1) is 0 Å². The number of thiol groups is 1. The lowest BCUT2D eigenvalue weighted by Gasteiger charge is -2.30. The summed E-state index contributed by atoms with van der Waals surface area (Å²) in [6.45, 7) is 5.47. The maximum atomic E-state index is 11.7. The fourth-order valence-electron chi connectivity index (χ4n) is 2.08. The van der Waals surface area contributed by atoms with E-state index in [-0.39, 0.29) is 23.9 Å². The molecule has 1 aliphatic rings. The molecule has 19 heavy (non-hydrogen) atoms. The number of alkyl carbamates (subject to hydrolysis) is 1. The number of ether oxygens (including phenoxy) is 2. The molecule has 1 aliphatic carbocycles. The molecule has 0 saturated heterocycles. The quantitative estimate of drug-likeness (QED) is 0.618. The zero-order chi connectivity index (χ0) is 14.5. The van der Waals surface area contributed by atoms with E-state index in [2.05, 4.69) is 17.9 Å². The summed E-state index contributed by atoms with van der Waals surface area (Å²) in [5, 5.41) is 2.83. The molecule has 1 N–H and O–H groups in total. The molecule has 5 nitrogen and oxygen atoms in total. The van der Waals surface area contributed by atoms with Gasteiger partial charge in [-0.15, -0.1) is 0 Å². The van der Waals surface area contributed by atoms with Gasteiger partial charge in [0.2, 0.25) is 0 Å². The molecule has 0 radical (unpaired) electrons. The number of carbonyl (C=O) groups is 2. The van der Waals surface area contributed by atoms with Crippen LogP contribution < -0.4 is 5.32 Å². The molecule has 110 valence electrons. The van der Waals surface area contributed by atoms with Crippen molar-refractivity contribution < 1.29 is 19.1 Å². The maximum absolute atomic E-state index is 11.7. The number of amides is 1. The van der Waals surface area contributed by atoms with E-state index in [9.17, 15) is 9.59 Å². The van der Waals surface area contributed by atoms with Crippen molar-refractivity contribution >= 4 is 24.7 Å². The first-order chi connectivity index (χ1) is 8.80. The van der Waals surface area contributed by atoms with Gasteiger partial charge in [0.25, 0.3) is 0 Å². The van der Waals surface area contributed by atoms with Crippen LogP contribution in [0.15, 0.2) is 0 Å². The smallest absolute Gasteiger partial charge is 0.407 e. The van der Waals surface area contributed by atoms with E-state index in [4.69, 9.17) is 9.47 Å². The van der Waals surface area contributed by atoms with Crippen molar-refractivity contribution in [3.05, 3.63) is 0 Å². The number of hydrogen-bond acceptors (Lipinski definition) is 5. The van der Waals surface area contributed by atoms with Crippen LogP contribution in [-0.4, -0.2) is 35.6 Å². The fourth-order valence-corrected chi connectivity index (χ4v) is 2.16. The van der Waals surface area contributed by atoms with Gasteiger partial charge in [-0.25, -0.2) is 4.79 Å². The second kappa shape index (κ2) is 7.03. The minimum Gasteiger partial charge on any atom is -0.462 e. The van der Waals surface area contributed by atoms with Gasteiger partial charge in [-0.1, -0.05) is 0 Å². The molecule has 1 rings (SSSR count). The molecule has 0 aromatic heterocycles. The van der Waals surface area contributed by atoms with E-state index in [1.54, 1.807) is 0 Å². The van der Waals surface area contributed by atoms with Gasteiger partial charge in [0, 0.05) is 12.5 Å². The molecule has 1 fully saturated rings. The van der Waals surface area contributed by atoms with Gasteiger partial charge in [0.1, 0.15) is 11.7 Å². The predicted octanol–water partition coefficient (Wildman–Crippen LogP) is 2.30. The molecule has 6 heteroatoms. The summed E-state index contributed by atoms with van der Waals surface area (Å²) < 4.78 is 10.5. The summed E-state index contributed by atoms with van der Waals surface area (Å²) in [4.78, 5) is 22.8. The Morgan fingerprint density at radius 2 is 2.00 bits per heavy atom. The van der Waals surface area contributed by atoms with E-state index < -0.39 is 11.7 Å². The van der Waals surface area contributed by atoms with Crippen LogP contribution >= 0.6 is 12.6 Å². The first-order valence-electron chi connectivity index (χ1n) is 6.60. The van der Waals surface area contributed by atoms with Crippen molar-refractivity contribution in [3.8, 4) is 0 Å². The van der Waals surface area contributed by atoms with Gasteiger partial charge >= 0.3 is 12.1 Å². The Morgan fingerprint density at radius 3 is 2.58 bits per heavy atom. The van der Waals surface area contributed by atoms with E-state index in [1.807, 2.05) is 20.8 Å². The average Bonchev–Trinajstić information content (AvgIpc) is 2.26. The van der Waals surface area contributed by atoms with Crippen molar-refractivity contribution in [2.24, 2.45) is 0 Å². The SMILES string of the molecule is CC(C)(C)OC(=O)NC1CCCC(OC(=O)CS)C1. The monoisotopic (exact) mass is 289 g/mol. The van der Waals surface area contributed by atoms with Crippen molar-refractivity contribution in [1.29, 1.82) is 0 Å². The number of carbonyl (C=O) groups excluding carboxylic acids is 2. The molecule has 0 bridgehead atoms. The average molecular weight is 289 g/mol. The predicted molar refractivity (Wildman–Crippen MR) is 75.4 cm³/mol. The Labute approximate surface area is 119 Å². The van der Waals surface area contributed by atoms with Gasteiger partial charge in [-0.05, 0) is 40.0 Å². The van der Waals surface area contributed by atoms with Crippen LogP contribution in [0.2, 0.25) is 0 Å². The lowest BCUT2D eigenvalue weighted by Crippen LogP contribution is -2.43. The highest BCUT2D eigenvalue weighted by Gasteiger charge is 2.27. The Balaban J connectivity index is 2.38. The largest absolute Gasteiger partial charge is 0.462 e. The Morgan fingerprint density at radius 1 is 1.32 bits per heavy atom. The van der Waals surface area contributed by atoms with E-state index in [1.165, 1.54) is 0 Å². The lowest BCUT2D eigenvalue weighted by molar-refractivity contribution is -0.147. The highest BCUT2D eigenvalue weighted by molar-refractivity contribution is 7.81. The van der Waals surface area contributed by atoms with Crippen molar-refractivity contribution in [2.45, 2.75) is 64.2 Å². The highest BCUT2D eigenvalue weighted by Crippen LogP contribution is 2.22. The van der Waals surface area contributed by atoms with Gasteiger partial charge in [-0.3, -0.25) is 4.79 Å². The van der Waals surface area contributed by atoms with Crippen molar-refractivity contribution in [1.82, 2.24) is 5.32 Å². The number of esters is 1. The summed E-state index contributed by atoms with van der Waals surface area (Å²) in [7, 11) is 0. The maximum Gasteiger partial charge on any atom is 0.407 e. The van der Waals surface area contributed by atoms with Crippen LogP contribution in [0.5, 0.6) is 0 Å². The van der Waals surface area contributed by atoms with Gasteiger partial charge in [0.05, 0.1) is 5.75 Å². The number of hydrogen-bond donors (Lipinski definition) is 2. The lowest BCUT2D eigenvalue weighted by atomic mass is 9.93. The molecule has 1 saturated carbocycles. The number of nitrogens with one attached hydrogen (secondary N) is 1. The second-order valence-electron chi connectivity index (χ2n) is 5.78. The third kappa shape index (κ3) is 6.71. The summed E-state index contributed by atoms with van der Waals surface area (Å²) in [5.74, 6) is -0.230. The highest BCUT2D eigenvalue weighted by atomic mass is 32.1.